The molecule has 0 saturated heterocycles. The van der Waals surface area contributed by atoms with Gasteiger partial charge in [-0.1, -0.05) is 12.1 Å². The van der Waals surface area contributed by atoms with Gasteiger partial charge < -0.3 is 49.9 Å². The topological polar surface area (TPSA) is 55.4 Å². The Morgan fingerprint density at radius 1 is 0.889 bits per heavy atom. The third-order valence-corrected chi connectivity index (χ3v) is 8.08. The van der Waals surface area contributed by atoms with Crippen LogP contribution in [0.5, 0.6) is 34.5 Å². The van der Waals surface area contributed by atoms with Gasteiger partial charge in [-0.25, -0.2) is 0 Å². The predicted molar refractivity (Wildman–Crippen MR) is 127 cm³/mol. The summed E-state index contributed by atoms with van der Waals surface area (Å²) in [4.78, 5) is 0. The lowest BCUT2D eigenvalue weighted by Gasteiger charge is -2.51. The van der Waals surface area contributed by atoms with Crippen molar-refractivity contribution in [2.24, 2.45) is 0 Å². The van der Waals surface area contributed by atoms with Crippen molar-refractivity contribution in [2.45, 2.75) is 32.0 Å². The molecule has 2 unspecified atom stereocenters. The average Bonchev–Trinajstić information content (AvgIpc) is 3.55. The number of nitrogens with zero attached hydrogens (tertiary/aromatic N) is 1. The zero-order valence-corrected chi connectivity index (χ0v) is 21.9. The number of halogens is 1. The quantitative estimate of drug-likeness (QED) is 0.457. The molecule has 0 radical (unpaired) electrons. The van der Waals surface area contributed by atoms with Gasteiger partial charge in [0.25, 0.3) is 0 Å². The Bertz CT molecular complexity index is 1340. The molecule has 4 heterocycles. The Morgan fingerprint density at radius 3 is 2.53 bits per heavy atom. The van der Waals surface area contributed by atoms with Gasteiger partial charge in [-0.15, -0.1) is 0 Å². The molecule has 4 aliphatic heterocycles. The molecule has 2 atom stereocenters. The van der Waals surface area contributed by atoms with Gasteiger partial charge in [0.1, 0.15) is 19.1 Å². The Balaban J connectivity index is 0.00000240. The maximum absolute atomic E-state index is 5.97. The van der Waals surface area contributed by atoms with Crippen LogP contribution in [0.4, 0.5) is 0 Å². The highest BCUT2D eigenvalue weighted by Crippen LogP contribution is 2.52. The lowest BCUT2D eigenvalue weighted by molar-refractivity contribution is -0.985. The van der Waals surface area contributed by atoms with E-state index in [0.29, 0.717) is 0 Å². The summed E-state index contributed by atoms with van der Waals surface area (Å²) in [6.07, 6.45) is 1.89. The van der Waals surface area contributed by atoms with E-state index in [0.717, 1.165) is 77.0 Å². The first kappa shape index (κ1) is 23.3. The molecule has 0 aliphatic carbocycles. The molecule has 188 valence electrons. The normalized spacial score (nSPS) is 22.1. The van der Waals surface area contributed by atoms with Gasteiger partial charge in [0.2, 0.25) is 13.6 Å². The van der Waals surface area contributed by atoms with Crippen LogP contribution in [0.15, 0.2) is 42.5 Å². The summed E-state index contributed by atoms with van der Waals surface area (Å²) >= 11 is 0. The van der Waals surface area contributed by atoms with Crippen LogP contribution in [0.2, 0.25) is 0 Å². The molecule has 0 saturated carbocycles. The minimum atomic E-state index is 0. The van der Waals surface area contributed by atoms with E-state index in [1.54, 1.807) is 14.2 Å². The number of para-hydroxylation sites is 1. The van der Waals surface area contributed by atoms with Crippen molar-refractivity contribution in [1.29, 1.82) is 0 Å². The molecule has 0 aromatic heterocycles. The molecule has 36 heavy (non-hydrogen) atoms. The third kappa shape index (κ3) is 3.42. The van der Waals surface area contributed by atoms with Gasteiger partial charge in [-0.2, -0.15) is 0 Å². The SMILES string of the molecule is COc1cccc(C[N+]23CCc4cc5c(cc4C2Cc2ccc4c(c2C3)OCO4)OCO5)c1OC.[Br-]. The van der Waals surface area contributed by atoms with Crippen LogP contribution in [0.3, 0.4) is 0 Å². The number of methoxy groups -OCH3 is 2. The van der Waals surface area contributed by atoms with Crippen LogP contribution in [0.1, 0.15) is 33.9 Å². The van der Waals surface area contributed by atoms with E-state index in [1.165, 1.54) is 22.3 Å². The van der Waals surface area contributed by atoms with Crippen molar-refractivity contribution in [3.63, 3.8) is 0 Å². The zero-order chi connectivity index (χ0) is 23.6. The molecule has 0 bridgehead atoms. The molecule has 3 aromatic rings. The van der Waals surface area contributed by atoms with E-state index in [9.17, 15) is 0 Å². The van der Waals surface area contributed by atoms with Gasteiger partial charge in [0.05, 0.1) is 31.9 Å². The fourth-order valence-corrected chi connectivity index (χ4v) is 6.43. The lowest BCUT2D eigenvalue weighted by Crippen LogP contribution is -3.00. The highest BCUT2D eigenvalue weighted by Gasteiger charge is 2.48. The molecule has 4 aliphatic rings. The average molecular weight is 554 g/mol. The Morgan fingerprint density at radius 2 is 1.69 bits per heavy atom. The van der Waals surface area contributed by atoms with Gasteiger partial charge in [0.15, 0.2) is 34.5 Å². The fraction of sp³-hybridized carbons (Fsp3) is 0.357. The van der Waals surface area contributed by atoms with Crippen LogP contribution in [-0.2, 0) is 25.9 Å². The lowest BCUT2D eigenvalue weighted by atomic mass is 9.80. The number of quaternary nitrogens is 1. The smallest absolute Gasteiger partial charge is 0.231 e. The molecule has 0 N–H and O–H groups in total. The summed E-state index contributed by atoms with van der Waals surface area (Å²) in [5.74, 6) is 5.03. The van der Waals surface area contributed by atoms with Gasteiger partial charge in [0, 0.05) is 18.4 Å². The van der Waals surface area contributed by atoms with Crippen LogP contribution in [-0.4, -0.2) is 38.8 Å². The van der Waals surface area contributed by atoms with Crippen molar-refractivity contribution in [3.8, 4) is 34.5 Å². The monoisotopic (exact) mass is 553 g/mol. The van der Waals surface area contributed by atoms with Crippen molar-refractivity contribution < 1.29 is 49.9 Å². The van der Waals surface area contributed by atoms with Crippen LogP contribution < -0.4 is 45.4 Å². The molecular formula is C28H28BrNO6. The molecule has 7 nitrogen and oxygen atoms in total. The van der Waals surface area contributed by atoms with Crippen LogP contribution in [0.25, 0.3) is 0 Å². The highest BCUT2D eigenvalue weighted by molar-refractivity contribution is 5.55. The molecule has 0 fully saturated rings. The Hall–Kier alpha value is -3.10. The van der Waals surface area contributed by atoms with E-state index < -0.39 is 0 Å². The molecule has 0 spiro atoms. The zero-order valence-electron chi connectivity index (χ0n) is 20.3. The van der Waals surface area contributed by atoms with E-state index >= 15 is 0 Å². The second-order valence-corrected chi connectivity index (χ2v) is 9.72. The second-order valence-electron chi connectivity index (χ2n) is 9.72. The van der Waals surface area contributed by atoms with E-state index in [4.69, 9.17) is 28.4 Å². The number of fused-ring (bicyclic) bond motifs is 7. The summed E-state index contributed by atoms with van der Waals surface area (Å²) in [6.45, 7) is 3.26. The third-order valence-electron chi connectivity index (χ3n) is 8.08. The minimum Gasteiger partial charge on any atom is -1.00 e. The van der Waals surface area contributed by atoms with E-state index in [2.05, 4.69) is 30.3 Å². The summed E-state index contributed by atoms with van der Waals surface area (Å²) in [5, 5.41) is 0. The van der Waals surface area contributed by atoms with Crippen molar-refractivity contribution >= 4 is 0 Å². The van der Waals surface area contributed by atoms with E-state index in [1.807, 2.05) is 12.1 Å². The number of benzene rings is 3. The van der Waals surface area contributed by atoms with Gasteiger partial charge >= 0.3 is 0 Å². The maximum Gasteiger partial charge on any atom is 0.231 e. The molecule has 0 amide bonds. The van der Waals surface area contributed by atoms with Crippen molar-refractivity contribution in [1.82, 2.24) is 0 Å². The minimum absolute atomic E-state index is 0. The van der Waals surface area contributed by atoms with E-state index in [-0.39, 0.29) is 36.6 Å². The largest absolute Gasteiger partial charge is 1.00 e. The first-order valence-electron chi connectivity index (χ1n) is 12.1. The summed E-state index contributed by atoms with van der Waals surface area (Å²) in [7, 11) is 3.41. The molecule has 7 rings (SSSR count). The summed E-state index contributed by atoms with van der Waals surface area (Å²) in [5.41, 5.74) is 6.45. The summed E-state index contributed by atoms with van der Waals surface area (Å²) in [6, 6.07) is 15.1. The Kier molecular flexibility index (Phi) is 5.68. The van der Waals surface area contributed by atoms with Gasteiger partial charge in [-0.3, -0.25) is 0 Å². The number of hydrogen-bond acceptors (Lipinski definition) is 6. The number of rotatable bonds is 4. The highest BCUT2D eigenvalue weighted by atomic mass is 79.9. The Labute approximate surface area is 220 Å². The fourth-order valence-electron chi connectivity index (χ4n) is 6.43. The second kappa shape index (κ2) is 8.78. The van der Waals surface area contributed by atoms with Crippen LogP contribution >= 0.6 is 0 Å². The number of hydrogen-bond donors (Lipinski definition) is 0. The molecule has 3 aromatic carbocycles. The van der Waals surface area contributed by atoms with Crippen LogP contribution in [0, 0.1) is 0 Å². The molecular weight excluding hydrogens is 526 g/mol. The van der Waals surface area contributed by atoms with Gasteiger partial charge in [-0.05, 0) is 41.5 Å². The maximum atomic E-state index is 5.97. The predicted octanol–water partition coefficient (Wildman–Crippen LogP) is 1.54. The summed E-state index contributed by atoms with van der Waals surface area (Å²) < 4.78 is 35.5. The standard InChI is InChI=1S/C28H28NO6.BrH/c1-30-23-5-3-4-19(27(23)31-2)13-29-9-8-18-11-25-26(34-15-33-25)12-20(18)22(29)10-17-6-7-24-28(21(17)14-29)35-16-32-24;/h3-7,11-12,22H,8-10,13-16H2,1-2H3;1H/q+1;/p-1. The first-order chi connectivity index (χ1) is 17.2. The number of ether oxygens (including phenoxy) is 6. The van der Waals surface area contributed by atoms with Crippen molar-refractivity contribution in [3.05, 3.63) is 70.3 Å². The van der Waals surface area contributed by atoms with Crippen molar-refractivity contribution in [2.75, 3.05) is 34.4 Å². The first-order valence-corrected chi connectivity index (χ1v) is 12.1. The molecule has 8 heteroatoms.